The first-order valence-electron chi connectivity index (χ1n) is 10.2. The minimum Gasteiger partial charge on any atom is -0.367 e. The SMILES string of the molecule is CC(C)(C)C(=O)ON1CCC(C(=O)N2CCCCC2)(c2ccccc2)CC1. The maximum atomic E-state index is 13.6. The van der Waals surface area contributed by atoms with Crippen LogP contribution < -0.4 is 0 Å². The normalized spacial score (nSPS) is 20.9. The molecular weight excluding hydrogens is 340 g/mol. The molecule has 0 spiro atoms. The van der Waals surface area contributed by atoms with Gasteiger partial charge >= 0.3 is 5.97 Å². The fourth-order valence-corrected chi connectivity index (χ4v) is 4.00. The molecule has 0 saturated carbocycles. The molecule has 27 heavy (non-hydrogen) atoms. The van der Waals surface area contributed by atoms with E-state index in [2.05, 4.69) is 12.1 Å². The summed E-state index contributed by atoms with van der Waals surface area (Å²) in [6.45, 7) is 8.44. The van der Waals surface area contributed by atoms with Crippen LogP contribution in [0.2, 0.25) is 0 Å². The number of hydroxylamine groups is 2. The highest BCUT2D eigenvalue weighted by Crippen LogP contribution is 2.38. The summed E-state index contributed by atoms with van der Waals surface area (Å²) in [5.74, 6) is 0.0206. The first-order valence-corrected chi connectivity index (χ1v) is 10.2. The molecule has 0 N–H and O–H groups in total. The van der Waals surface area contributed by atoms with Gasteiger partial charge in [-0.25, -0.2) is 4.79 Å². The first-order chi connectivity index (χ1) is 12.8. The van der Waals surface area contributed by atoms with E-state index in [0.717, 1.165) is 31.5 Å². The van der Waals surface area contributed by atoms with Gasteiger partial charge < -0.3 is 9.74 Å². The van der Waals surface area contributed by atoms with E-state index in [4.69, 9.17) is 4.84 Å². The molecule has 2 aliphatic heterocycles. The van der Waals surface area contributed by atoms with Crippen LogP contribution in [0.5, 0.6) is 0 Å². The second kappa shape index (κ2) is 8.01. The Balaban J connectivity index is 1.77. The zero-order chi connectivity index (χ0) is 19.5. The summed E-state index contributed by atoms with van der Waals surface area (Å²) < 4.78 is 0. The van der Waals surface area contributed by atoms with Crippen molar-refractivity contribution in [1.82, 2.24) is 9.96 Å². The predicted octanol–water partition coefficient (Wildman–Crippen LogP) is 3.54. The Morgan fingerprint density at radius 1 is 0.926 bits per heavy atom. The van der Waals surface area contributed by atoms with Gasteiger partial charge in [0.15, 0.2) is 0 Å². The van der Waals surface area contributed by atoms with Crippen molar-refractivity contribution in [3.8, 4) is 0 Å². The van der Waals surface area contributed by atoms with Crippen LogP contribution in [-0.2, 0) is 19.8 Å². The van der Waals surface area contributed by atoms with Gasteiger partial charge in [-0.15, -0.1) is 5.06 Å². The number of likely N-dealkylation sites (tertiary alicyclic amines) is 1. The fourth-order valence-electron chi connectivity index (χ4n) is 4.00. The number of rotatable bonds is 3. The van der Waals surface area contributed by atoms with E-state index in [1.165, 1.54) is 6.42 Å². The lowest BCUT2D eigenvalue weighted by atomic mass is 9.71. The van der Waals surface area contributed by atoms with Gasteiger partial charge in [0.25, 0.3) is 0 Å². The van der Waals surface area contributed by atoms with Crippen molar-refractivity contribution in [3.05, 3.63) is 35.9 Å². The molecule has 1 amide bonds. The van der Waals surface area contributed by atoms with Crippen LogP contribution in [0.3, 0.4) is 0 Å². The molecule has 0 radical (unpaired) electrons. The molecule has 0 bridgehead atoms. The highest BCUT2D eigenvalue weighted by atomic mass is 16.7. The lowest BCUT2D eigenvalue weighted by molar-refractivity contribution is -0.207. The zero-order valence-corrected chi connectivity index (χ0v) is 16.9. The average Bonchev–Trinajstić information content (AvgIpc) is 2.69. The first kappa shape index (κ1) is 19.9. The van der Waals surface area contributed by atoms with Crippen LogP contribution in [0.1, 0.15) is 58.4 Å². The standard InChI is InChI=1S/C22H32N2O3/c1-21(2,3)20(26)27-24-16-12-22(13-17-24,18-10-6-4-7-11-18)19(25)23-14-8-5-9-15-23/h4,6-7,10-11H,5,8-9,12-17H2,1-3H3. The Kier molecular flexibility index (Phi) is 5.89. The molecule has 0 unspecified atom stereocenters. The van der Waals surface area contributed by atoms with Crippen molar-refractivity contribution in [3.63, 3.8) is 0 Å². The highest BCUT2D eigenvalue weighted by Gasteiger charge is 2.46. The minimum absolute atomic E-state index is 0.225. The Hall–Kier alpha value is -1.88. The molecule has 0 aromatic heterocycles. The Morgan fingerprint density at radius 2 is 1.52 bits per heavy atom. The molecule has 148 valence electrons. The molecule has 5 heteroatoms. The summed E-state index contributed by atoms with van der Waals surface area (Å²) >= 11 is 0. The number of amides is 1. The van der Waals surface area contributed by atoms with Crippen molar-refractivity contribution in [2.75, 3.05) is 26.2 Å². The molecule has 2 saturated heterocycles. The third-order valence-corrected chi connectivity index (χ3v) is 5.78. The van der Waals surface area contributed by atoms with E-state index in [0.29, 0.717) is 25.9 Å². The summed E-state index contributed by atoms with van der Waals surface area (Å²) in [5, 5.41) is 1.73. The summed E-state index contributed by atoms with van der Waals surface area (Å²) in [6.07, 6.45) is 4.73. The lowest BCUT2D eigenvalue weighted by Gasteiger charge is -2.43. The smallest absolute Gasteiger partial charge is 0.330 e. The monoisotopic (exact) mass is 372 g/mol. The maximum absolute atomic E-state index is 13.6. The molecule has 0 aliphatic carbocycles. The van der Waals surface area contributed by atoms with E-state index in [-0.39, 0.29) is 11.9 Å². The second-order valence-electron chi connectivity index (χ2n) is 8.86. The molecule has 1 aromatic carbocycles. The topological polar surface area (TPSA) is 49.9 Å². The summed E-state index contributed by atoms with van der Waals surface area (Å²) in [7, 11) is 0. The van der Waals surface area contributed by atoms with Crippen molar-refractivity contribution in [1.29, 1.82) is 0 Å². The van der Waals surface area contributed by atoms with E-state index >= 15 is 0 Å². The number of piperidine rings is 2. The van der Waals surface area contributed by atoms with Crippen LogP contribution >= 0.6 is 0 Å². The Bertz CT molecular complexity index is 652. The molecule has 2 heterocycles. The van der Waals surface area contributed by atoms with E-state index in [1.54, 1.807) is 5.06 Å². The molecular formula is C22H32N2O3. The van der Waals surface area contributed by atoms with Gasteiger partial charge in [-0.3, -0.25) is 4.79 Å². The van der Waals surface area contributed by atoms with Gasteiger partial charge in [-0.05, 0) is 58.4 Å². The van der Waals surface area contributed by atoms with Crippen LogP contribution in [-0.4, -0.2) is 48.0 Å². The van der Waals surface area contributed by atoms with Crippen molar-refractivity contribution in [2.45, 2.75) is 58.3 Å². The minimum atomic E-state index is -0.530. The van der Waals surface area contributed by atoms with E-state index in [1.807, 2.05) is 43.9 Å². The number of carbonyl (C=O) groups excluding carboxylic acids is 2. The number of nitrogens with zero attached hydrogens (tertiary/aromatic N) is 2. The molecule has 0 atom stereocenters. The van der Waals surface area contributed by atoms with E-state index < -0.39 is 10.8 Å². The lowest BCUT2D eigenvalue weighted by Crippen LogP contribution is -2.54. The van der Waals surface area contributed by atoms with Gasteiger partial charge in [0.2, 0.25) is 5.91 Å². The Labute approximate surface area is 162 Å². The fraction of sp³-hybridized carbons (Fsp3) is 0.636. The number of benzene rings is 1. The molecule has 1 aromatic rings. The van der Waals surface area contributed by atoms with Gasteiger partial charge in [0.05, 0.1) is 10.8 Å². The third kappa shape index (κ3) is 4.34. The second-order valence-corrected chi connectivity index (χ2v) is 8.86. The van der Waals surface area contributed by atoms with Crippen molar-refractivity contribution < 1.29 is 14.4 Å². The van der Waals surface area contributed by atoms with Crippen LogP contribution in [0.4, 0.5) is 0 Å². The third-order valence-electron chi connectivity index (χ3n) is 5.78. The van der Waals surface area contributed by atoms with Gasteiger partial charge in [-0.1, -0.05) is 30.3 Å². The maximum Gasteiger partial charge on any atom is 0.330 e. The number of hydrogen-bond donors (Lipinski definition) is 0. The number of carbonyl (C=O) groups is 2. The van der Waals surface area contributed by atoms with Gasteiger partial charge in [-0.2, -0.15) is 0 Å². The average molecular weight is 373 g/mol. The summed E-state index contributed by atoms with van der Waals surface area (Å²) in [6, 6.07) is 10.1. The van der Waals surface area contributed by atoms with Crippen LogP contribution in [0, 0.1) is 5.41 Å². The highest BCUT2D eigenvalue weighted by molar-refractivity contribution is 5.88. The molecule has 5 nitrogen and oxygen atoms in total. The van der Waals surface area contributed by atoms with Gasteiger partial charge in [0, 0.05) is 26.2 Å². The molecule has 2 fully saturated rings. The van der Waals surface area contributed by atoms with E-state index in [9.17, 15) is 9.59 Å². The quantitative estimate of drug-likeness (QED) is 0.814. The summed E-state index contributed by atoms with van der Waals surface area (Å²) in [4.78, 5) is 33.4. The van der Waals surface area contributed by atoms with Crippen LogP contribution in [0.25, 0.3) is 0 Å². The Morgan fingerprint density at radius 3 is 2.07 bits per heavy atom. The van der Waals surface area contributed by atoms with Crippen molar-refractivity contribution >= 4 is 11.9 Å². The predicted molar refractivity (Wildman–Crippen MR) is 105 cm³/mol. The van der Waals surface area contributed by atoms with Crippen molar-refractivity contribution in [2.24, 2.45) is 5.41 Å². The molecule has 2 aliphatic rings. The number of hydrogen-bond acceptors (Lipinski definition) is 4. The largest absolute Gasteiger partial charge is 0.367 e. The summed E-state index contributed by atoms with van der Waals surface area (Å²) in [5.41, 5.74) is 0.0447. The van der Waals surface area contributed by atoms with Gasteiger partial charge in [0.1, 0.15) is 0 Å². The molecule has 3 rings (SSSR count). The zero-order valence-electron chi connectivity index (χ0n) is 16.9. The van der Waals surface area contributed by atoms with Crippen LogP contribution in [0.15, 0.2) is 30.3 Å².